The van der Waals surface area contributed by atoms with Crippen LogP contribution in [-0.2, 0) is 9.59 Å². The van der Waals surface area contributed by atoms with Crippen LogP contribution in [0.5, 0.6) is 0 Å². The maximum Gasteiger partial charge on any atom is 0.306 e. The van der Waals surface area contributed by atoms with Gasteiger partial charge in [-0.25, -0.2) is 0 Å². The molecule has 0 fully saturated rings. The maximum atomic E-state index is 10.7. The zero-order chi connectivity index (χ0) is 13.3. The Morgan fingerprint density at radius 3 is 2.00 bits per heavy atom. The summed E-state index contributed by atoms with van der Waals surface area (Å²) >= 11 is 0. The minimum absolute atomic E-state index is 0.137. The van der Waals surface area contributed by atoms with Crippen LogP contribution in [0.4, 0.5) is 0 Å². The largest absolute Gasteiger partial charge is 0.481 e. The van der Waals surface area contributed by atoms with Gasteiger partial charge in [0.15, 0.2) is 6.29 Å². The molecule has 0 heterocycles. The Labute approximate surface area is 99.9 Å². The van der Waals surface area contributed by atoms with E-state index < -0.39 is 24.1 Å². The highest BCUT2D eigenvalue weighted by molar-refractivity contribution is 5.69. The molecule has 6 heteroatoms. The molecule has 0 aliphatic carbocycles. The fraction of sp³-hybridized carbons (Fsp3) is 0.818. The summed E-state index contributed by atoms with van der Waals surface area (Å²) in [5, 5.41) is 34.6. The van der Waals surface area contributed by atoms with Crippen molar-refractivity contribution in [3.05, 3.63) is 0 Å². The topological polar surface area (TPSA) is 115 Å². The van der Waals surface area contributed by atoms with Crippen molar-refractivity contribution in [1.82, 2.24) is 0 Å². The van der Waals surface area contributed by atoms with Crippen LogP contribution in [0.1, 0.15) is 44.9 Å². The number of carboxylic acids is 2. The first-order valence-corrected chi connectivity index (χ1v) is 5.74. The van der Waals surface area contributed by atoms with Crippen molar-refractivity contribution in [3.8, 4) is 0 Å². The molecule has 0 amide bonds. The molecular weight excluding hydrogens is 228 g/mol. The third-order valence-corrected chi connectivity index (χ3v) is 2.54. The minimum atomic E-state index is -1.59. The zero-order valence-electron chi connectivity index (χ0n) is 9.71. The Bertz CT molecular complexity index is 238. The number of aliphatic hydroxyl groups excluding tert-OH is 1. The lowest BCUT2D eigenvalue weighted by Gasteiger charge is -2.12. The number of carbonyl (C=O) groups is 2. The van der Waals surface area contributed by atoms with E-state index in [1.807, 2.05) is 0 Å². The van der Waals surface area contributed by atoms with Crippen molar-refractivity contribution in [1.29, 1.82) is 0 Å². The Balaban J connectivity index is 3.61. The summed E-state index contributed by atoms with van der Waals surface area (Å²) in [6.07, 6.45) is 1.53. The summed E-state index contributed by atoms with van der Waals surface area (Å²) in [5.41, 5.74) is 0. The Morgan fingerprint density at radius 2 is 1.53 bits per heavy atom. The van der Waals surface area contributed by atoms with E-state index in [2.05, 4.69) is 0 Å². The average Bonchev–Trinajstić information content (AvgIpc) is 2.20. The van der Waals surface area contributed by atoms with Crippen molar-refractivity contribution in [2.75, 3.05) is 0 Å². The zero-order valence-corrected chi connectivity index (χ0v) is 9.71. The molecule has 1 atom stereocenters. The molecule has 0 aromatic heterocycles. The second-order valence-electron chi connectivity index (χ2n) is 4.10. The van der Waals surface area contributed by atoms with Gasteiger partial charge in [0, 0.05) is 12.8 Å². The summed E-state index contributed by atoms with van der Waals surface area (Å²) in [6, 6.07) is 0. The minimum Gasteiger partial charge on any atom is -0.481 e. The van der Waals surface area contributed by atoms with E-state index in [0.29, 0.717) is 19.3 Å². The van der Waals surface area contributed by atoms with E-state index >= 15 is 0 Å². The lowest BCUT2D eigenvalue weighted by molar-refractivity contribution is -0.146. The quantitative estimate of drug-likeness (QED) is 0.336. The number of unbranched alkanes of at least 4 members (excludes halogenated alkanes) is 3. The predicted octanol–water partition coefficient (Wildman–Crippen LogP) is 0.813. The molecule has 0 aromatic rings. The standard InChI is InChI=1S/C11H20O6/c12-9(13)6-4-2-1-3-5-8(11(16)17)7-10(14)15/h8,10,14-15H,1-7H2,(H,12,13)(H,16,17). The van der Waals surface area contributed by atoms with Crippen molar-refractivity contribution in [2.24, 2.45) is 5.92 Å². The Hall–Kier alpha value is -1.14. The number of carboxylic acid groups (broad SMARTS) is 2. The van der Waals surface area contributed by atoms with Gasteiger partial charge >= 0.3 is 11.9 Å². The first-order valence-electron chi connectivity index (χ1n) is 5.74. The fourth-order valence-electron chi connectivity index (χ4n) is 1.62. The molecule has 1 unspecified atom stereocenters. The van der Waals surface area contributed by atoms with Crippen LogP contribution in [0.15, 0.2) is 0 Å². The molecule has 100 valence electrons. The van der Waals surface area contributed by atoms with Gasteiger partial charge in [-0.2, -0.15) is 0 Å². The second-order valence-corrected chi connectivity index (χ2v) is 4.10. The number of aliphatic carboxylic acids is 2. The number of rotatable bonds is 10. The van der Waals surface area contributed by atoms with Gasteiger partial charge in [-0.05, 0) is 12.8 Å². The molecule has 0 saturated heterocycles. The van der Waals surface area contributed by atoms with E-state index in [9.17, 15) is 9.59 Å². The highest BCUT2D eigenvalue weighted by Gasteiger charge is 2.19. The van der Waals surface area contributed by atoms with Gasteiger partial charge in [-0.15, -0.1) is 0 Å². The smallest absolute Gasteiger partial charge is 0.306 e. The molecule has 0 saturated carbocycles. The van der Waals surface area contributed by atoms with Gasteiger partial charge < -0.3 is 20.4 Å². The van der Waals surface area contributed by atoms with Crippen LogP contribution in [0.25, 0.3) is 0 Å². The van der Waals surface area contributed by atoms with Crippen LogP contribution in [0, 0.1) is 5.92 Å². The summed E-state index contributed by atoms with van der Waals surface area (Å²) in [7, 11) is 0. The SMILES string of the molecule is O=C(O)CCCCCCC(CC(O)O)C(=O)O. The third kappa shape index (κ3) is 9.77. The van der Waals surface area contributed by atoms with Gasteiger partial charge in [0.1, 0.15) is 0 Å². The normalized spacial score (nSPS) is 12.6. The van der Waals surface area contributed by atoms with E-state index in [1.165, 1.54) is 0 Å². The lowest BCUT2D eigenvalue weighted by atomic mass is 9.97. The molecule has 17 heavy (non-hydrogen) atoms. The number of hydrogen-bond donors (Lipinski definition) is 4. The van der Waals surface area contributed by atoms with Gasteiger partial charge in [0.25, 0.3) is 0 Å². The summed E-state index contributed by atoms with van der Waals surface area (Å²) in [5.74, 6) is -2.59. The molecule has 0 radical (unpaired) electrons. The van der Waals surface area contributed by atoms with Crippen molar-refractivity contribution in [3.63, 3.8) is 0 Å². The molecule has 4 N–H and O–H groups in total. The van der Waals surface area contributed by atoms with Crippen molar-refractivity contribution < 1.29 is 30.0 Å². The van der Waals surface area contributed by atoms with Crippen LogP contribution < -0.4 is 0 Å². The van der Waals surface area contributed by atoms with Crippen molar-refractivity contribution >= 4 is 11.9 Å². The molecule has 0 aliphatic heterocycles. The fourth-order valence-corrected chi connectivity index (χ4v) is 1.62. The number of aliphatic hydroxyl groups is 2. The van der Waals surface area contributed by atoms with E-state index in [-0.39, 0.29) is 12.8 Å². The van der Waals surface area contributed by atoms with Gasteiger partial charge in [-0.3, -0.25) is 9.59 Å². The van der Waals surface area contributed by atoms with Crippen LogP contribution in [0.3, 0.4) is 0 Å². The first kappa shape index (κ1) is 15.9. The second kappa shape index (κ2) is 8.95. The predicted molar refractivity (Wildman–Crippen MR) is 59.3 cm³/mol. The van der Waals surface area contributed by atoms with Crippen molar-refractivity contribution in [2.45, 2.75) is 51.2 Å². The lowest BCUT2D eigenvalue weighted by Crippen LogP contribution is -2.20. The molecule has 0 spiro atoms. The van der Waals surface area contributed by atoms with Gasteiger partial charge in [-0.1, -0.05) is 19.3 Å². The van der Waals surface area contributed by atoms with Gasteiger partial charge in [0.2, 0.25) is 0 Å². The molecular formula is C11H20O6. The Kier molecular flexibility index (Phi) is 8.35. The monoisotopic (exact) mass is 248 g/mol. The summed E-state index contributed by atoms with van der Waals surface area (Å²) in [6.45, 7) is 0. The van der Waals surface area contributed by atoms with Gasteiger partial charge in [0.05, 0.1) is 5.92 Å². The van der Waals surface area contributed by atoms with Crippen LogP contribution in [-0.4, -0.2) is 38.7 Å². The van der Waals surface area contributed by atoms with Crippen LogP contribution >= 0.6 is 0 Å². The summed E-state index contributed by atoms with van der Waals surface area (Å²) in [4.78, 5) is 21.0. The van der Waals surface area contributed by atoms with Crippen LogP contribution in [0.2, 0.25) is 0 Å². The van der Waals surface area contributed by atoms with E-state index in [0.717, 1.165) is 12.8 Å². The molecule has 0 aromatic carbocycles. The average molecular weight is 248 g/mol. The highest BCUT2D eigenvalue weighted by Crippen LogP contribution is 2.16. The van der Waals surface area contributed by atoms with E-state index in [4.69, 9.17) is 20.4 Å². The highest BCUT2D eigenvalue weighted by atomic mass is 16.5. The Morgan fingerprint density at radius 1 is 0.941 bits per heavy atom. The van der Waals surface area contributed by atoms with E-state index in [1.54, 1.807) is 0 Å². The molecule has 0 rings (SSSR count). The molecule has 0 aliphatic rings. The first-order chi connectivity index (χ1) is 7.93. The summed E-state index contributed by atoms with van der Waals surface area (Å²) < 4.78 is 0. The third-order valence-electron chi connectivity index (χ3n) is 2.54. The molecule has 6 nitrogen and oxygen atoms in total. The maximum absolute atomic E-state index is 10.7. The number of hydrogen-bond acceptors (Lipinski definition) is 4. The molecule has 0 bridgehead atoms.